The summed E-state index contributed by atoms with van der Waals surface area (Å²) in [5.74, 6) is 0.722. The molecule has 2 atom stereocenters. The zero-order chi connectivity index (χ0) is 14.0. The molecule has 0 N–H and O–H groups in total. The average molecular weight is 272 g/mol. The molecule has 0 aliphatic heterocycles. The van der Waals surface area contributed by atoms with Gasteiger partial charge in [0.25, 0.3) is 0 Å². The van der Waals surface area contributed by atoms with Gasteiger partial charge in [0.05, 0.1) is 24.4 Å². The zero-order valence-corrected chi connectivity index (χ0v) is 13.2. The van der Waals surface area contributed by atoms with Crippen LogP contribution in [-0.2, 0) is 18.7 Å². The summed E-state index contributed by atoms with van der Waals surface area (Å²) in [4.78, 5) is 11.9. The van der Waals surface area contributed by atoms with Crippen molar-refractivity contribution in [1.29, 1.82) is 0 Å². The molecule has 5 heteroatoms. The first-order valence-corrected chi connectivity index (χ1v) is 9.64. The minimum atomic E-state index is -1.61. The fraction of sp³-hybridized carbons (Fsp3) is 0.769. The number of esters is 1. The van der Waals surface area contributed by atoms with Gasteiger partial charge in [0.1, 0.15) is 0 Å². The molecule has 0 spiro atoms. The molecular formula is C13H24O4Si. The van der Waals surface area contributed by atoms with E-state index in [0.717, 1.165) is 12.2 Å². The predicted molar refractivity (Wildman–Crippen MR) is 72.7 cm³/mol. The monoisotopic (exact) mass is 272 g/mol. The Morgan fingerprint density at radius 2 is 2.00 bits per heavy atom. The second-order valence-electron chi connectivity index (χ2n) is 5.91. The summed E-state index contributed by atoms with van der Waals surface area (Å²) < 4.78 is 16.3. The molecule has 0 aromatic rings. The molecule has 0 aromatic heterocycles. The summed E-state index contributed by atoms with van der Waals surface area (Å²) in [6.45, 7) is 8.31. The first kappa shape index (κ1) is 15.2. The highest BCUT2D eigenvalue weighted by Crippen LogP contribution is 2.38. The van der Waals surface area contributed by atoms with Gasteiger partial charge < -0.3 is 13.9 Å². The lowest BCUT2D eigenvalue weighted by Gasteiger charge is -2.37. The highest BCUT2D eigenvalue weighted by molar-refractivity contribution is 6.70. The SMILES string of the molecule is COC(=O)[C@@]1(C)CCC(O[Si](C)(C)C)=CC1OC. The zero-order valence-electron chi connectivity index (χ0n) is 12.2. The van der Waals surface area contributed by atoms with E-state index in [2.05, 4.69) is 19.6 Å². The summed E-state index contributed by atoms with van der Waals surface area (Å²) >= 11 is 0. The van der Waals surface area contributed by atoms with E-state index >= 15 is 0 Å². The average Bonchev–Trinajstić information content (AvgIpc) is 2.28. The van der Waals surface area contributed by atoms with Gasteiger partial charge in [0.2, 0.25) is 8.32 Å². The smallest absolute Gasteiger partial charge is 0.314 e. The molecule has 0 amide bonds. The highest BCUT2D eigenvalue weighted by Gasteiger charge is 2.44. The van der Waals surface area contributed by atoms with Crippen molar-refractivity contribution < 1.29 is 18.7 Å². The van der Waals surface area contributed by atoms with Crippen LogP contribution in [0.25, 0.3) is 0 Å². The third kappa shape index (κ3) is 3.35. The molecule has 104 valence electrons. The first-order valence-electron chi connectivity index (χ1n) is 6.24. The van der Waals surface area contributed by atoms with Gasteiger partial charge in [-0.05, 0) is 39.1 Å². The number of allylic oxidation sites excluding steroid dienone is 1. The van der Waals surface area contributed by atoms with Gasteiger partial charge in [-0.3, -0.25) is 4.79 Å². The quantitative estimate of drug-likeness (QED) is 0.583. The van der Waals surface area contributed by atoms with Crippen molar-refractivity contribution in [1.82, 2.24) is 0 Å². The van der Waals surface area contributed by atoms with Crippen molar-refractivity contribution in [2.75, 3.05) is 14.2 Å². The number of rotatable bonds is 4. The molecule has 1 unspecified atom stereocenters. The van der Waals surface area contributed by atoms with Gasteiger partial charge >= 0.3 is 5.97 Å². The van der Waals surface area contributed by atoms with Gasteiger partial charge in [-0.15, -0.1) is 0 Å². The second kappa shape index (κ2) is 5.44. The van der Waals surface area contributed by atoms with E-state index in [1.807, 2.05) is 13.0 Å². The summed E-state index contributed by atoms with van der Waals surface area (Å²) in [6, 6.07) is 0. The molecule has 0 heterocycles. The minimum Gasteiger partial charge on any atom is -0.547 e. The molecule has 4 nitrogen and oxygen atoms in total. The lowest BCUT2D eigenvalue weighted by molar-refractivity contribution is -0.159. The van der Waals surface area contributed by atoms with Gasteiger partial charge in [-0.2, -0.15) is 0 Å². The Morgan fingerprint density at radius 1 is 1.39 bits per heavy atom. The Hall–Kier alpha value is -0.813. The molecule has 0 bridgehead atoms. The largest absolute Gasteiger partial charge is 0.547 e. The van der Waals surface area contributed by atoms with Crippen molar-refractivity contribution in [2.45, 2.75) is 45.5 Å². The standard InChI is InChI=1S/C13H24O4Si/c1-13(12(14)16-3)8-7-10(9-11(13)15-2)17-18(4,5)6/h9,11H,7-8H2,1-6H3/t11?,13-/m0/s1. The summed E-state index contributed by atoms with van der Waals surface area (Å²) in [5.41, 5.74) is -0.615. The molecule has 1 rings (SSSR count). The number of ether oxygens (including phenoxy) is 2. The van der Waals surface area contributed by atoms with Crippen LogP contribution >= 0.6 is 0 Å². The van der Waals surface area contributed by atoms with E-state index in [4.69, 9.17) is 13.9 Å². The maximum atomic E-state index is 11.9. The minimum absolute atomic E-state index is 0.224. The number of carbonyl (C=O) groups excluding carboxylic acids is 1. The van der Waals surface area contributed by atoms with Crippen molar-refractivity contribution in [3.05, 3.63) is 11.8 Å². The molecule has 0 saturated carbocycles. The normalized spacial score (nSPS) is 28.6. The van der Waals surface area contributed by atoms with E-state index in [9.17, 15) is 4.79 Å². The second-order valence-corrected chi connectivity index (χ2v) is 10.3. The maximum Gasteiger partial charge on any atom is 0.314 e. The van der Waals surface area contributed by atoms with E-state index < -0.39 is 13.7 Å². The molecule has 1 aliphatic rings. The van der Waals surface area contributed by atoms with E-state index in [-0.39, 0.29) is 12.1 Å². The Labute approximate surface area is 110 Å². The molecule has 18 heavy (non-hydrogen) atoms. The lowest BCUT2D eigenvalue weighted by atomic mass is 9.76. The van der Waals surface area contributed by atoms with Crippen LogP contribution in [0.15, 0.2) is 11.8 Å². The molecule has 0 aromatic carbocycles. The van der Waals surface area contributed by atoms with Crippen LogP contribution in [0, 0.1) is 5.41 Å². The summed E-state index contributed by atoms with van der Waals surface area (Å²) in [7, 11) is 1.42. The Balaban J connectivity index is 2.91. The predicted octanol–water partition coefficient (Wildman–Crippen LogP) is 2.71. The topological polar surface area (TPSA) is 44.8 Å². The summed E-state index contributed by atoms with van der Waals surface area (Å²) in [6.07, 6.45) is 3.09. The van der Waals surface area contributed by atoms with Crippen LogP contribution in [0.2, 0.25) is 19.6 Å². The van der Waals surface area contributed by atoms with Gasteiger partial charge in [-0.1, -0.05) is 0 Å². The van der Waals surface area contributed by atoms with Crippen LogP contribution in [-0.4, -0.2) is 34.6 Å². The third-order valence-corrected chi connectivity index (χ3v) is 4.07. The molecular weight excluding hydrogens is 248 g/mol. The highest BCUT2D eigenvalue weighted by atomic mass is 28.4. The van der Waals surface area contributed by atoms with Crippen molar-refractivity contribution >= 4 is 14.3 Å². The van der Waals surface area contributed by atoms with Crippen molar-refractivity contribution in [3.63, 3.8) is 0 Å². The first-order chi connectivity index (χ1) is 8.23. The molecule has 1 aliphatic carbocycles. The number of hydrogen-bond donors (Lipinski definition) is 0. The number of hydrogen-bond acceptors (Lipinski definition) is 4. The van der Waals surface area contributed by atoms with Crippen LogP contribution < -0.4 is 0 Å². The Kier molecular flexibility index (Phi) is 4.61. The lowest BCUT2D eigenvalue weighted by Crippen LogP contribution is -2.43. The molecule has 0 fully saturated rings. The van der Waals surface area contributed by atoms with E-state index in [1.165, 1.54) is 7.11 Å². The van der Waals surface area contributed by atoms with Crippen molar-refractivity contribution in [3.8, 4) is 0 Å². The van der Waals surface area contributed by atoms with E-state index in [1.54, 1.807) is 7.11 Å². The fourth-order valence-corrected chi connectivity index (χ4v) is 3.18. The Bertz CT molecular complexity index is 345. The maximum absolute atomic E-state index is 11.9. The van der Waals surface area contributed by atoms with E-state index in [0.29, 0.717) is 6.42 Å². The Morgan fingerprint density at radius 3 is 2.44 bits per heavy atom. The van der Waals surface area contributed by atoms with Crippen LogP contribution in [0.3, 0.4) is 0 Å². The van der Waals surface area contributed by atoms with Crippen molar-refractivity contribution in [2.24, 2.45) is 5.41 Å². The van der Waals surface area contributed by atoms with Gasteiger partial charge in [-0.25, -0.2) is 0 Å². The van der Waals surface area contributed by atoms with Gasteiger partial charge in [0.15, 0.2) is 0 Å². The number of methoxy groups -OCH3 is 2. The molecule has 0 radical (unpaired) electrons. The van der Waals surface area contributed by atoms with Gasteiger partial charge in [0, 0.05) is 13.5 Å². The summed E-state index contributed by atoms with van der Waals surface area (Å²) in [5, 5.41) is 0. The number of carbonyl (C=O) groups is 1. The fourth-order valence-electron chi connectivity index (χ4n) is 2.22. The third-order valence-electron chi connectivity index (χ3n) is 3.20. The van der Waals surface area contributed by atoms with Crippen LogP contribution in [0.1, 0.15) is 19.8 Å². The van der Waals surface area contributed by atoms with Crippen LogP contribution in [0.5, 0.6) is 0 Å². The van der Waals surface area contributed by atoms with Crippen LogP contribution in [0.4, 0.5) is 0 Å². The molecule has 0 saturated heterocycles.